The van der Waals surface area contributed by atoms with Crippen LogP contribution in [0.5, 0.6) is 0 Å². The Balaban J connectivity index is 3.91. The zero-order valence-corrected chi connectivity index (χ0v) is 20.1. The Kier molecular flexibility index (Phi) is 14.4. The second-order valence-electron chi connectivity index (χ2n) is 8.48. The largest absolute Gasteiger partial charge is 0.455 e. The molecule has 0 aliphatic heterocycles. The van der Waals surface area contributed by atoms with E-state index in [1.807, 2.05) is 6.92 Å². The van der Waals surface area contributed by atoms with Gasteiger partial charge in [-0.1, -0.05) is 20.3 Å². The molecule has 0 aromatic heterocycles. The minimum absolute atomic E-state index is 0.325. The third-order valence-electron chi connectivity index (χ3n) is 4.40. The predicted octanol–water partition coefficient (Wildman–Crippen LogP) is 4.16. The SMILES string of the molecule is CCCC(O)COCCC[Si](C)(C)O[Si](C)(C)CCCOCC(O)CC. The summed E-state index contributed by atoms with van der Waals surface area (Å²) in [5.41, 5.74) is 0. The molecule has 0 heterocycles. The van der Waals surface area contributed by atoms with Crippen LogP contribution in [-0.2, 0) is 13.6 Å². The number of rotatable bonds is 17. The van der Waals surface area contributed by atoms with E-state index in [9.17, 15) is 10.2 Å². The van der Waals surface area contributed by atoms with Crippen molar-refractivity contribution in [1.29, 1.82) is 0 Å². The van der Waals surface area contributed by atoms with Crippen LogP contribution in [0.2, 0.25) is 38.3 Å². The van der Waals surface area contributed by atoms with E-state index in [-0.39, 0.29) is 12.2 Å². The van der Waals surface area contributed by atoms with Gasteiger partial charge in [-0.25, -0.2) is 0 Å². The topological polar surface area (TPSA) is 68.2 Å². The van der Waals surface area contributed by atoms with Crippen molar-refractivity contribution in [2.24, 2.45) is 0 Å². The summed E-state index contributed by atoms with van der Waals surface area (Å²) in [5.74, 6) is 0. The highest BCUT2D eigenvalue weighted by molar-refractivity contribution is 6.84. The molecule has 26 heavy (non-hydrogen) atoms. The molecule has 2 unspecified atom stereocenters. The van der Waals surface area contributed by atoms with Gasteiger partial charge in [-0.2, -0.15) is 0 Å². The number of hydrogen-bond acceptors (Lipinski definition) is 5. The molecule has 0 aromatic rings. The Morgan fingerprint density at radius 1 is 0.769 bits per heavy atom. The highest BCUT2D eigenvalue weighted by Gasteiger charge is 2.32. The minimum Gasteiger partial charge on any atom is -0.455 e. The molecule has 0 aliphatic rings. The third kappa shape index (κ3) is 15.3. The molecule has 0 bridgehead atoms. The van der Waals surface area contributed by atoms with E-state index < -0.39 is 16.6 Å². The summed E-state index contributed by atoms with van der Waals surface area (Å²) in [6, 6.07) is 2.18. The lowest BCUT2D eigenvalue weighted by Crippen LogP contribution is -2.44. The van der Waals surface area contributed by atoms with Crippen molar-refractivity contribution in [1.82, 2.24) is 0 Å². The summed E-state index contributed by atoms with van der Waals surface area (Å²) < 4.78 is 17.7. The van der Waals surface area contributed by atoms with E-state index in [0.717, 1.165) is 44.2 Å². The zero-order chi connectivity index (χ0) is 20.1. The van der Waals surface area contributed by atoms with Gasteiger partial charge in [0.15, 0.2) is 16.6 Å². The van der Waals surface area contributed by atoms with Gasteiger partial charge in [0.05, 0.1) is 25.4 Å². The lowest BCUT2D eigenvalue weighted by molar-refractivity contribution is 0.0323. The summed E-state index contributed by atoms with van der Waals surface area (Å²) in [6.07, 6.45) is 3.87. The van der Waals surface area contributed by atoms with Gasteiger partial charge in [-0.3, -0.25) is 0 Å². The minimum atomic E-state index is -1.68. The van der Waals surface area contributed by atoms with Crippen LogP contribution >= 0.6 is 0 Å². The molecule has 2 atom stereocenters. The molecule has 0 spiro atoms. The smallest absolute Gasteiger partial charge is 0.173 e. The molecule has 0 saturated carbocycles. The highest BCUT2D eigenvalue weighted by atomic mass is 28.4. The lowest BCUT2D eigenvalue weighted by atomic mass is 10.2. The van der Waals surface area contributed by atoms with Gasteiger partial charge >= 0.3 is 0 Å². The average molecular weight is 409 g/mol. The predicted molar refractivity (Wildman–Crippen MR) is 114 cm³/mol. The van der Waals surface area contributed by atoms with Gasteiger partial charge in [0.2, 0.25) is 0 Å². The second-order valence-corrected chi connectivity index (χ2v) is 17.3. The van der Waals surface area contributed by atoms with Gasteiger partial charge in [0, 0.05) is 13.2 Å². The Hall–Kier alpha value is 0.234. The van der Waals surface area contributed by atoms with Crippen LogP contribution in [0.4, 0.5) is 0 Å². The first-order valence-corrected chi connectivity index (χ1v) is 16.6. The molecular weight excluding hydrogens is 364 g/mol. The lowest BCUT2D eigenvalue weighted by Gasteiger charge is -2.34. The molecule has 0 amide bonds. The summed E-state index contributed by atoms with van der Waals surface area (Å²) >= 11 is 0. The normalized spacial score (nSPS) is 15.2. The summed E-state index contributed by atoms with van der Waals surface area (Å²) in [6.45, 7) is 15.5. The van der Waals surface area contributed by atoms with E-state index in [4.69, 9.17) is 13.6 Å². The first kappa shape index (κ1) is 26.2. The molecule has 0 aromatic carbocycles. The van der Waals surface area contributed by atoms with Gasteiger partial charge in [0.1, 0.15) is 0 Å². The fraction of sp³-hybridized carbons (Fsp3) is 1.00. The molecule has 0 rings (SSSR count). The van der Waals surface area contributed by atoms with E-state index in [2.05, 4.69) is 33.1 Å². The van der Waals surface area contributed by atoms with Crippen LogP contribution < -0.4 is 0 Å². The van der Waals surface area contributed by atoms with Crippen molar-refractivity contribution < 1.29 is 23.8 Å². The molecule has 7 heteroatoms. The maximum atomic E-state index is 9.67. The molecule has 0 radical (unpaired) electrons. The van der Waals surface area contributed by atoms with E-state index in [1.165, 1.54) is 0 Å². The highest BCUT2D eigenvalue weighted by Crippen LogP contribution is 2.23. The molecular formula is C19H44O5Si2. The summed E-state index contributed by atoms with van der Waals surface area (Å²) in [5, 5.41) is 19.2. The number of hydrogen-bond donors (Lipinski definition) is 2. The number of aliphatic hydroxyl groups is 2. The maximum Gasteiger partial charge on any atom is 0.173 e. The maximum absolute atomic E-state index is 9.67. The molecule has 2 N–H and O–H groups in total. The Morgan fingerprint density at radius 3 is 1.65 bits per heavy atom. The zero-order valence-electron chi connectivity index (χ0n) is 18.1. The summed E-state index contributed by atoms with van der Waals surface area (Å²) in [7, 11) is -3.37. The second kappa shape index (κ2) is 14.3. The van der Waals surface area contributed by atoms with Gasteiger partial charge in [-0.05, 0) is 64.0 Å². The Morgan fingerprint density at radius 2 is 1.23 bits per heavy atom. The van der Waals surface area contributed by atoms with Crippen molar-refractivity contribution in [3.63, 3.8) is 0 Å². The van der Waals surface area contributed by atoms with Crippen molar-refractivity contribution in [3.05, 3.63) is 0 Å². The fourth-order valence-electron chi connectivity index (χ4n) is 3.02. The van der Waals surface area contributed by atoms with Crippen molar-refractivity contribution in [2.45, 2.75) is 96.4 Å². The molecule has 5 nitrogen and oxygen atoms in total. The van der Waals surface area contributed by atoms with Crippen LogP contribution in [-0.4, -0.2) is 65.5 Å². The van der Waals surface area contributed by atoms with E-state index in [0.29, 0.717) is 26.4 Å². The standard InChI is InChI=1S/C19H44O5Si2/c1-7-11-19(21)17-23-13-10-15-26(5,6)24-25(3,4)14-9-12-22-16-18(20)8-2/h18-21H,7-17H2,1-6H3. The monoisotopic (exact) mass is 408 g/mol. The van der Waals surface area contributed by atoms with Crippen LogP contribution in [0.3, 0.4) is 0 Å². The summed E-state index contributed by atoms with van der Waals surface area (Å²) in [4.78, 5) is 0. The van der Waals surface area contributed by atoms with Crippen LogP contribution in [0, 0.1) is 0 Å². The van der Waals surface area contributed by atoms with Gasteiger partial charge in [-0.15, -0.1) is 0 Å². The van der Waals surface area contributed by atoms with Crippen molar-refractivity contribution in [2.75, 3.05) is 26.4 Å². The molecule has 158 valence electrons. The van der Waals surface area contributed by atoms with Crippen LogP contribution in [0.15, 0.2) is 0 Å². The molecule has 0 aliphatic carbocycles. The average Bonchev–Trinajstić information content (AvgIpc) is 2.52. The molecule has 0 fully saturated rings. The Labute approximate surface area is 163 Å². The fourth-order valence-corrected chi connectivity index (χ4v) is 11.8. The van der Waals surface area contributed by atoms with Gasteiger partial charge in [0.25, 0.3) is 0 Å². The Bertz CT molecular complexity index is 340. The number of aliphatic hydroxyl groups excluding tert-OH is 2. The van der Waals surface area contributed by atoms with Crippen LogP contribution in [0.1, 0.15) is 46.0 Å². The van der Waals surface area contributed by atoms with E-state index >= 15 is 0 Å². The van der Waals surface area contributed by atoms with E-state index in [1.54, 1.807) is 0 Å². The van der Waals surface area contributed by atoms with Crippen LogP contribution in [0.25, 0.3) is 0 Å². The quantitative estimate of drug-likeness (QED) is 0.279. The first-order valence-electron chi connectivity index (χ1n) is 10.3. The van der Waals surface area contributed by atoms with Crippen molar-refractivity contribution >= 4 is 16.6 Å². The van der Waals surface area contributed by atoms with Gasteiger partial charge < -0.3 is 23.8 Å². The third-order valence-corrected chi connectivity index (χ3v) is 11.9. The first-order chi connectivity index (χ1) is 12.1. The number of ether oxygens (including phenoxy) is 2. The van der Waals surface area contributed by atoms with Crippen molar-refractivity contribution in [3.8, 4) is 0 Å². The molecule has 0 saturated heterocycles.